The predicted octanol–water partition coefficient (Wildman–Crippen LogP) is 4.55. The standard InChI is InChI=1S/C18H13Cl2N3O/c19-13-7-9-14(10-8-13)23-11-3-4-15(23)12-21-22-18(24)16-5-1-2-6-17(16)20/h1-12H,(H,22,24). The number of hydrogen-bond acceptors (Lipinski definition) is 2. The van der Waals surface area contributed by atoms with Gasteiger partial charge in [0.2, 0.25) is 0 Å². The molecule has 0 bridgehead atoms. The average Bonchev–Trinajstić information content (AvgIpc) is 3.04. The van der Waals surface area contributed by atoms with Gasteiger partial charge in [-0.15, -0.1) is 0 Å². The molecule has 3 rings (SSSR count). The third kappa shape index (κ3) is 3.67. The van der Waals surface area contributed by atoms with Gasteiger partial charge in [0.1, 0.15) is 0 Å². The summed E-state index contributed by atoms with van der Waals surface area (Å²) in [5.41, 5.74) is 4.62. The fraction of sp³-hybridized carbons (Fsp3) is 0. The molecule has 1 aromatic heterocycles. The fourth-order valence-corrected chi connectivity index (χ4v) is 2.55. The number of nitrogens with zero attached hydrogens (tertiary/aromatic N) is 2. The van der Waals surface area contributed by atoms with E-state index in [2.05, 4.69) is 10.5 Å². The van der Waals surface area contributed by atoms with Gasteiger partial charge in [0.25, 0.3) is 5.91 Å². The maximum Gasteiger partial charge on any atom is 0.272 e. The molecule has 0 saturated carbocycles. The smallest absolute Gasteiger partial charge is 0.272 e. The summed E-state index contributed by atoms with van der Waals surface area (Å²) in [6, 6.07) is 18.0. The Hall–Kier alpha value is -2.56. The Bertz CT molecular complexity index is 885. The van der Waals surface area contributed by atoms with Crippen LogP contribution >= 0.6 is 23.2 Å². The van der Waals surface area contributed by atoms with Gasteiger partial charge in [-0.25, -0.2) is 5.43 Å². The molecule has 0 atom stereocenters. The molecule has 0 aliphatic rings. The van der Waals surface area contributed by atoms with Crippen LogP contribution in [-0.4, -0.2) is 16.7 Å². The quantitative estimate of drug-likeness (QED) is 0.540. The van der Waals surface area contributed by atoms with E-state index < -0.39 is 0 Å². The molecule has 1 N–H and O–H groups in total. The van der Waals surface area contributed by atoms with Gasteiger partial charge in [-0.1, -0.05) is 35.3 Å². The summed E-state index contributed by atoms with van der Waals surface area (Å²) in [6.45, 7) is 0. The van der Waals surface area contributed by atoms with Crippen molar-refractivity contribution in [1.82, 2.24) is 9.99 Å². The molecule has 3 aromatic rings. The Kier molecular flexibility index (Phi) is 4.99. The van der Waals surface area contributed by atoms with Crippen LogP contribution in [0.3, 0.4) is 0 Å². The van der Waals surface area contributed by atoms with Crippen LogP contribution in [0.25, 0.3) is 5.69 Å². The molecule has 0 unspecified atom stereocenters. The van der Waals surface area contributed by atoms with Gasteiger partial charge in [0.05, 0.1) is 22.5 Å². The first-order chi connectivity index (χ1) is 11.6. The Labute approximate surface area is 149 Å². The summed E-state index contributed by atoms with van der Waals surface area (Å²) >= 11 is 11.9. The van der Waals surface area contributed by atoms with Crippen LogP contribution in [0.15, 0.2) is 72.0 Å². The molecule has 0 radical (unpaired) electrons. The normalized spacial score (nSPS) is 10.9. The van der Waals surface area contributed by atoms with Crippen molar-refractivity contribution in [1.29, 1.82) is 0 Å². The van der Waals surface area contributed by atoms with Gasteiger partial charge < -0.3 is 4.57 Å². The second kappa shape index (κ2) is 7.34. The van der Waals surface area contributed by atoms with Crippen molar-refractivity contribution in [2.75, 3.05) is 0 Å². The van der Waals surface area contributed by atoms with Gasteiger partial charge >= 0.3 is 0 Å². The molecule has 6 heteroatoms. The van der Waals surface area contributed by atoms with E-state index >= 15 is 0 Å². The first kappa shape index (κ1) is 16.3. The Balaban J connectivity index is 1.74. The summed E-state index contributed by atoms with van der Waals surface area (Å²) < 4.78 is 1.93. The number of benzene rings is 2. The molecule has 0 aliphatic carbocycles. The zero-order valence-corrected chi connectivity index (χ0v) is 14.0. The second-order valence-corrected chi connectivity index (χ2v) is 5.80. The number of hydrazone groups is 1. The molecule has 0 saturated heterocycles. The number of carbonyl (C=O) groups excluding carboxylic acids is 1. The van der Waals surface area contributed by atoms with E-state index in [0.717, 1.165) is 11.4 Å². The first-order valence-corrected chi connectivity index (χ1v) is 7.92. The number of aromatic nitrogens is 1. The Morgan fingerprint density at radius 2 is 1.75 bits per heavy atom. The lowest BCUT2D eigenvalue weighted by atomic mass is 10.2. The van der Waals surface area contributed by atoms with Crippen LogP contribution in [0.1, 0.15) is 16.1 Å². The van der Waals surface area contributed by atoms with Crippen molar-refractivity contribution in [3.63, 3.8) is 0 Å². The van der Waals surface area contributed by atoms with E-state index in [0.29, 0.717) is 15.6 Å². The Morgan fingerprint density at radius 1 is 1.00 bits per heavy atom. The highest BCUT2D eigenvalue weighted by atomic mass is 35.5. The summed E-state index contributed by atoms with van der Waals surface area (Å²) in [4.78, 5) is 12.1. The fourth-order valence-electron chi connectivity index (χ4n) is 2.20. The minimum Gasteiger partial charge on any atom is -0.316 e. The lowest BCUT2D eigenvalue weighted by Crippen LogP contribution is -2.18. The number of amides is 1. The minimum atomic E-state index is -0.360. The molecule has 0 fully saturated rings. The largest absolute Gasteiger partial charge is 0.316 e. The third-order valence-corrected chi connectivity index (χ3v) is 3.95. The van der Waals surface area contributed by atoms with E-state index in [1.165, 1.54) is 0 Å². The number of carbonyl (C=O) groups is 1. The van der Waals surface area contributed by atoms with Crippen LogP contribution in [0.5, 0.6) is 0 Å². The molecule has 4 nitrogen and oxygen atoms in total. The van der Waals surface area contributed by atoms with E-state index in [1.807, 2.05) is 47.2 Å². The molecule has 1 heterocycles. The molecular weight excluding hydrogens is 345 g/mol. The van der Waals surface area contributed by atoms with Crippen LogP contribution in [0.4, 0.5) is 0 Å². The van der Waals surface area contributed by atoms with E-state index in [1.54, 1.807) is 30.5 Å². The molecule has 0 aliphatic heterocycles. The van der Waals surface area contributed by atoms with Gasteiger partial charge in [0, 0.05) is 16.9 Å². The first-order valence-electron chi connectivity index (χ1n) is 7.16. The maximum atomic E-state index is 12.1. The SMILES string of the molecule is O=C(NN=Cc1cccn1-c1ccc(Cl)cc1)c1ccccc1Cl. The molecule has 2 aromatic carbocycles. The average molecular weight is 358 g/mol. The highest BCUT2D eigenvalue weighted by Crippen LogP contribution is 2.16. The lowest BCUT2D eigenvalue weighted by Gasteiger charge is -2.06. The van der Waals surface area contributed by atoms with Crippen LogP contribution in [-0.2, 0) is 0 Å². The maximum absolute atomic E-state index is 12.1. The summed E-state index contributed by atoms with van der Waals surface area (Å²) in [5, 5.41) is 5.06. The van der Waals surface area contributed by atoms with Crippen molar-refractivity contribution < 1.29 is 4.79 Å². The third-order valence-electron chi connectivity index (χ3n) is 3.37. The lowest BCUT2D eigenvalue weighted by molar-refractivity contribution is 0.0955. The van der Waals surface area contributed by atoms with Crippen LogP contribution < -0.4 is 5.43 Å². The second-order valence-electron chi connectivity index (χ2n) is 4.96. The number of hydrogen-bond donors (Lipinski definition) is 1. The number of nitrogens with one attached hydrogen (secondary N) is 1. The van der Waals surface area contributed by atoms with E-state index in [-0.39, 0.29) is 5.91 Å². The molecule has 24 heavy (non-hydrogen) atoms. The van der Waals surface area contributed by atoms with Gasteiger partial charge in [0.15, 0.2) is 0 Å². The van der Waals surface area contributed by atoms with Crippen molar-refractivity contribution in [3.05, 3.63) is 88.2 Å². The van der Waals surface area contributed by atoms with Crippen molar-refractivity contribution in [3.8, 4) is 5.69 Å². The molecular formula is C18H13Cl2N3O. The number of halogens is 2. The highest BCUT2D eigenvalue weighted by molar-refractivity contribution is 6.33. The zero-order chi connectivity index (χ0) is 16.9. The van der Waals surface area contributed by atoms with Crippen molar-refractivity contribution >= 4 is 35.3 Å². The summed E-state index contributed by atoms with van der Waals surface area (Å²) in [5.74, 6) is -0.360. The number of rotatable bonds is 4. The van der Waals surface area contributed by atoms with E-state index in [4.69, 9.17) is 23.2 Å². The molecule has 1 amide bonds. The van der Waals surface area contributed by atoms with Gasteiger partial charge in [-0.3, -0.25) is 4.79 Å². The zero-order valence-electron chi connectivity index (χ0n) is 12.5. The minimum absolute atomic E-state index is 0.360. The monoisotopic (exact) mass is 357 g/mol. The summed E-state index contributed by atoms with van der Waals surface area (Å²) in [7, 11) is 0. The van der Waals surface area contributed by atoms with Crippen molar-refractivity contribution in [2.24, 2.45) is 5.10 Å². The predicted molar refractivity (Wildman–Crippen MR) is 97.3 cm³/mol. The topological polar surface area (TPSA) is 46.4 Å². The van der Waals surface area contributed by atoms with Gasteiger partial charge in [-0.05, 0) is 48.5 Å². The Morgan fingerprint density at radius 3 is 2.50 bits per heavy atom. The van der Waals surface area contributed by atoms with Crippen LogP contribution in [0, 0.1) is 0 Å². The molecule has 0 spiro atoms. The van der Waals surface area contributed by atoms with Gasteiger partial charge in [-0.2, -0.15) is 5.10 Å². The van der Waals surface area contributed by atoms with Crippen molar-refractivity contribution in [2.45, 2.75) is 0 Å². The summed E-state index contributed by atoms with van der Waals surface area (Å²) in [6.07, 6.45) is 3.48. The molecule has 120 valence electrons. The van der Waals surface area contributed by atoms with E-state index in [9.17, 15) is 4.79 Å². The highest BCUT2D eigenvalue weighted by Gasteiger charge is 2.08. The van der Waals surface area contributed by atoms with Crippen LogP contribution in [0.2, 0.25) is 10.0 Å².